The predicted molar refractivity (Wildman–Crippen MR) is 86.0 cm³/mol. The van der Waals surface area contributed by atoms with E-state index in [4.69, 9.17) is 18.6 Å². The van der Waals surface area contributed by atoms with Gasteiger partial charge in [0.15, 0.2) is 5.75 Å². The SMILES string of the molecule is CCOc1cc(B2OC(C)(C)C(C)(C)O2)cnc1OPC. The molecule has 21 heavy (non-hydrogen) atoms. The topological polar surface area (TPSA) is 49.8 Å². The number of hydrogen-bond donors (Lipinski definition) is 0. The van der Waals surface area contributed by atoms with Crippen molar-refractivity contribution in [2.75, 3.05) is 13.3 Å². The molecule has 1 aliphatic rings. The third kappa shape index (κ3) is 3.33. The summed E-state index contributed by atoms with van der Waals surface area (Å²) in [6.45, 7) is 12.5. The lowest BCUT2D eigenvalue weighted by Crippen LogP contribution is -2.41. The summed E-state index contributed by atoms with van der Waals surface area (Å²) in [6, 6.07) is 1.88. The van der Waals surface area contributed by atoms with Crippen LogP contribution in [0.4, 0.5) is 0 Å². The predicted octanol–water partition coefficient (Wildman–Crippen LogP) is 2.38. The van der Waals surface area contributed by atoms with Gasteiger partial charge in [-0.05, 0) is 47.3 Å². The van der Waals surface area contributed by atoms with E-state index in [-0.39, 0.29) is 11.2 Å². The summed E-state index contributed by atoms with van der Waals surface area (Å²) >= 11 is 0. The van der Waals surface area contributed by atoms with Crippen LogP contribution in [0.3, 0.4) is 0 Å². The van der Waals surface area contributed by atoms with E-state index in [0.29, 0.717) is 27.0 Å². The zero-order valence-corrected chi connectivity index (χ0v) is 14.5. The van der Waals surface area contributed by atoms with Gasteiger partial charge in [0.05, 0.1) is 26.6 Å². The van der Waals surface area contributed by atoms with Crippen molar-refractivity contribution in [1.82, 2.24) is 4.98 Å². The van der Waals surface area contributed by atoms with Gasteiger partial charge >= 0.3 is 7.12 Å². The molecule has 0 saturated carbocycles. The molecule has 1 aliphatic heterocycles. The molecule has 2 heterocycles. The summed E-state index contributed by atoms with van der Waals surface area (Å²) in [5.41, 5.74) is 0.0937. The molecule has 0 aliphatic carbocycles. The first-order chi connectivity index (χ1) is 9.80. The normalized spacial score (nSPS) is 20.2. The van der Waals surface area contributed by atoms with Crippen molar-refractivity contribution in [2.24, 2.45) is 0 Å². The molecule has 1 unspecified atom stereocenters. The second-order valence-electron chi connectivity index (χ2n) is 5.90. The molecule has 1 fully saturated rings. The lowest BCUT2D eigenvalue weighted by molar-refractivity contribution is 0.00578. The second-order valence-corrected chi connectivity index (χ2v) is 6.51. The molecule has 1 aromatic rings. The van der Waals surface area contributed by atoms with Crippen molar-refractivity contribution >= 4 is 21.4 Å². The van der Waals surface area contributed by atoms with E-state index < -0.39 is 7.12 Å². The molecule has 0 radical (unpaired) electrons. The smallest absolute Gasteiger partial charge is 0.488 e. The molecular formula is C14H23BNO4P. The summed E-state index contributed by atoms with van der Waals surface area (Å²) in [7, 11) is -0.128. The van der Waals surface area contributed by atoms with Gasteiger partial charge in [-0.1, -0.05) is 0 Å². The Morgan fingerprint density at radius 1 is 1.24 bits per heavy atom. The van der Waals surface area contributed by atoms with E-state index in [2.05, 4.69) is 4.98 Å². The van der Waals surface area contributed by atoms with Gasteiger partial charge in [0.1, 0.15) is 0 Å². The molecule has 0 spiro atoms. The zero-order chi connectivity index (χ0) is 15.7. The Hall–Kier alpha value is -0.835. The quantitative estimate of drug-likeness (QED) is 0.617. The third-order valence-corrected chi connectivity index (χ3v) is 4.26. The van der Waals surface area contributed by atoms with Crippen molar-refractivity contribution in [3.05, 3.63) is 12.3 Å². The minimum Gasteiger partial charge on any atom is -0.488 e. The van der Waals surface area contributed by atoms with Crippen molar-refractivity contribution in [1.29, 1.82) is 0 Å². The van der Waals surface area contributed by atoms with Crippen molar-refractivity contribution < 1.29 is 18.6 Å². The third-order valence-electron chi connectivity index (χ3n) is 3.86. The number of rotatable bonds is 5. The Morgan fingerprint density at radius 2 is 1.86 bits per heavy atom. The molecule has 0 N–H and O–H groups in total. The zero-order valence-electron chi connectivity index (χ0n) is 13.5. The van der Waals surface area contributed by atoms with Gasteiger partial charge in [0.25, 0.3) is 5.88 Å². The summed E-state index contributed by atoms with van der Waals surface area (Å²) < 4.78 is 23.2. The molecule has 1 atom stereocenters. The Labute approximate surface area is 128 Å². The van der Waals surface area contributed by atoms with Gasteiger partial charge in [0.2, 0.25) is 0 Å². The van der Waals surface area contributed by atoms with E-state index in [1.54, 1.807) is 6.20 Å². The van der Waals surface area contributed by atoms with Gasteiger partial charge in [-0.3, -0.25) is 0 Å². The average molecular weight is 311 g/mol. The first-order valence-electron chi connectivity index (χ1n) is 7.12. The maximum Gasteiger partial charge on any atom is 0.496 e. The molecule has 0 aromatic carbocycles. The number of aromatic nitrogens is 1. The van der Waals surface area contributed by atoms with Crippen molar-refractivity contribution in [3.63, 3.8) is 0 Å². The summed E-state index contributed by atoms with van der Waals surface area (Å²) in [4.78, 5) is 4.33. The lowest BCUT2D eigenvalue weighted by Gasteiger charge is -2.32. The molecule has 5 nitrogen and oxygen atoms in total. The first kappa shape index (κ1) is 16.5. The average Bonchev–Trinajstić information content (AvgIpc) is 2.61. The van der Waals surface area contributed by atoms with Crippen LogP contribution in [0.5, 0.6) is 11.6 Å². The Balaban J connectivity index is 2.27. The molecule has 116 valence electrons. The van der Waals surface area contributed by atoms with E-state index in [1.165, 1.54) is 0 Å². The minimum absolute atomic E-state index is 0.317. The lowest BCUT2D eigenvalue weighted by atomic mass is 9.80. The van der Waals surface area contributed by atoms with Crippen LogP contribution in [-0.4, -0.2) is 36.6 Å². The highest BCUT2D eigenvalue weighted by atomic mass is 31.1. The standard InChI is InChI=1S/C14H23BNO4P/c1-7-17-11-8-10(9-16-12(11)18-21-6)15-19-13(2,3)14(4,5)20-15/h8-9,21H,7H2,1-6H3. The van der Waals surface area contributed by atoms with Gasteiger partial charge < -0.3 is 18.6 Å². The molecular weight excluding hydrogens is 288 g/mol. The summed E-state index contributed by atoms with van der Waals surface area (Å²) in [6.07, 6.45) is 1.72. The van der Waals surface area contributed by atoms with Crippen LogP contribution in [0.1, 0.15) is 34.6 Å². The number of nitrogens with zero attached hydrogens (tertiary/aromatic N) is 1. The number of pyridine rings is 1. The van der Waals surface area contributed by atoms with Crippen LogP contribution < -0.4 is 14.7 Å². The Morgan fingerprint density at radius 3 is 2.38 bits per heavy atom. The largest absolute Gasteiger partial charge is 0.496 e. The van der Waals surface area contributed by atoms with Crippen LogP contribution in [0.2, 0.25) is 0 Å². The molecule has 0 bridgehead atoms. The van der Waals surface area contributed by atoms with Crippen LogP contribution in [-0.2, 0) is 9.31 Å². The minimum atomic E-state index is -0.445. The van der Waals surface area contributed by atoms with Crippen LogP contribution in [0.15, 0.2) is 12.3 Å². The highest BCUT2D eigenvalue weighted by Crippen LogP contribution is 2.37. The van der Waals surface area contributed by atoms with Gasteiger partial charge in [-0.25, -0.2) is 4.98 Å². The molecule has 1 aromatic heterocycles. The first-order valence-corrected chi connectivity index (χ1v) is 8.53. The summed E-state index contributed by atoms with van der Waals surface area (Å²) in [5.74, 6) is 1.14. The highest BCUT2D eigenvalue weighted by Gasteiger charge is 2.52. The van der Waals surface area contributed by atoms with Crippen LogP contribution in [0, 0.1) is 0 Å². The molecule has 1 saturated heterocycles. The van der Waals surface area contributed by atoms with E-state index >= 15 is 0 Å². The monoisotopic (exact) mass is 311 g/mol. The number of ether oxygens (including phenoxy) is 1. The van der Waals surface area contributed by atoms with Crippen molar-refractivity contribution in [3.8, 4) is 11.6 Å². The Kier molecular flexibility index (Phi) is 4.81. The maximum atomic E-state index is 6.03. The molecule has 7 heteroatoms. The van der Waals surface area contributed by atoms with Crippen LogP contribution in [0.25, 0.3) is 0 Å². The van der Waals surface area contributed by atoms with Gasteiger partial charge in [-0.2, -0.15) is 0 Å². The maximum absolute atomic E-state index is 6.03. The fourth-order valence-corrected chi connectivity index (χ4v) is 2.33. The van der Waals surface area contributed by atoms with Crippen molar-refractivity contribution in [2.45, 2.75) is 45.8 Å². The van der Waals surface area contributed by atoms with Gasteiger partial charge in [0, 0.05) is 11.7 Å². The highest BCUT2D eigenvalue weighted by molar-refractivity contribution is 7.31. The Bertz CT molecular complexity index is 494. The molecule has 0 amide bonds. The van der Waals surface area contributed by atoms with E-state index in [0.717, 1.165) is 5.46 Å². The second kappa shape index (κ2) is 6.11. The van der Waals surface area contributed by atoms with E-state index in [1.807, 2.05) is 47.3 Å². The fraction of sp³-hybridized carbons (Fsp3) is 0.643. The number of hydrogen-bond acceptors (Lipinski definition) is 5. The molecule has 2 rings (SSSR count). The van der Waals surface area contributed by atoms with Gasteiger partial charge in [-0.15, -0.1) is 0 Å². The fourth-order valence-electron chi connectivity index (χ4n) is 1.99. The summed E-state index contributed by atoms with van der Waals surface area (Å²) in [5, 5.41) is 0. The van der Waals surface area contributed by atoms with E-state index in [9.17, 15) is 0 Å². The van der Waals surface area contributed by atoms with Crippen LogP contribution >= 0.6 is 8.81 Å².